The maximum atomic E-state index is 12.2. The number of nitrogens with zero attached hydrogens (tertiary/aromatic N) is 4. The first-order valence-electron chi connectivity index (χ1n) is 13.4. The van der Waals surface area contributed by atoms with Crippen molar-refractivity contribution in [1.29, 1.82) is 0 Å². The quantitative estimate of drug-likeness (QED) is 0.104. The Morgan fingerprint density at radius 3 is 1.50 bits per heavy atom. The molecular formula is C32H26Br2N6O4. The molecule has 0 radical (unpaired) electrons. The van der Waals surface area contributed by atoms with E-state index in [9.17, 15) is 9.59 Å². The van der Waals surface area contributed by atoms with Gasteiger partial charge in [0.05, 0.1) is 43.8 Å². The molecule has 0 saturated heterocycles. The number of hydrogen-bond acceptors (Lipinski definition) is 8. The number of aromatic nitrogens is 2. The number of benzene rings is 3. The average molecular weight is 718 g/mol. The zero-order valence-electron chi connectivity index (χ0n) is 23.7. The third kappa shape index (κ3) is 8.03. The summed E-state index contributed by atoms with van der Waals surface area (Å²) in [6, 6.07) is 22.5. The van der Waals surface area contributed by atoms with E-state index in [0.717, 1.165) is 30.8 Å². The Morgan fingerprint density at radius 2 is 1.09 bits per heavy atom. The fourth-order valence-corrected chi connectivity index (χ4v) is 5.29. The van der Waals surface area contributed by atoms with Crippen LogP contribution in [-0.2, 0) is 9.59 Å². The van der Waals surface area contributed by atoms with Crippen LogP contribution < -0.4 is 20.3 Å². The van der Waals surface area contributed by atoms with Gasteiger partial charge in [0, 0.05) is 10.8 Å². The van der Waals surface area contributed by atoms with Gasteiger partial charge in [-0.25, -0.2) is 20.8 Å². The SMILES string of the molecule is Cc1ccc(OCC(=O)N/N=C\c2ccc3ccc4ccc(/C=N\NC(=O)COc5ccc(C)cc5Br)nc4c3n2)c(Br)c1. The minimum atomic E-state index is -0.410. The molecule has 3 aromatic carbocycles. The number of pyridine rings is 2. The molecule has 0 aliphatic rings. The number of amides is 2. The van der Waals surface area contributed by atoms with E-state index in [2.05, 4.69) is 52.9 Å². The molecule has 2 heterocycles. The van der Waals surface area contributed by atoms with Crippen LogP contribution in [0.15, 0.2) is 91.9 Å². The van der Waals surface area contributed by atoms with Gasteiger partial charge in [-0.3, -0.25) is 9.59 Å². The maximum Gasteiger partial charge on any atom is 0.277 e. The average Bonchev–Trinajstić information content (AvgIpc) is 3.00. The first-order chi connectivity index (χ1) is 21.2. The Kier molecular flexibility index (Phi) is 9.93. The molecule has 10 nitrogen and oxygen atoms in total. The molecule has 5 aromatic rings. The molecular weight excluding hydrogens is 692 g/mol. The van der Waals surface area contributed by atoms with Crippen LogP contribution in [0.5, 0.6) is 11.5 Å². The maximum absolute atomic E-state index is 12.2. The second-order valence-corrected chi connectivity index (χ2v) is 11.4. The first-order valence-corrected chi connectivity index (χ1v) is 15.0. The fourth-order valence-electron chi connectivity index (χ4n) is 4.08. The highest BCUT2D eigenvalue weighted by atomic mass is 79.9. The van der Waals surface area contributed by atoms with Gasteiger partial charge < -0.3 is 9.47 Å². The van der Waals surface area contributed by atoms with E-state index in [-0.39, 0.29) is 13.2 Å². The van der Waals surface area contributed by atoms with Crippen LogP contribution >= 0.6 is 31.9 Å². The van der Waals surface area contributed by atoms with Gasteiger partial charge in [-0.05, 0) is 93.2 Å². The van der Waals surface area contributed by atoms with Crippen LogP contribution in [0, 0.1) is 13.8 Å². The molecule has 2 aromatic heterocycles. The summed E-state index contributed by atoms with van der Waals surface area (Å²) >= 11 is 6.85. The van der Waals surface area contributed by atoms with Crippen LogP contribution in [0.4, 0.5) is 0 Å². The molecule has 0 saturated carbocycles. The molecule has 0 spiro atoms. The topological polar surface area (TPSA) is 127 Å². The van der Waals surface area contributed by atoms with E-state index in [1.807, 2.05) is 62.4 Å². The summed E-state index contributed by atoms with van der Waals surface area (Å²) in [5, 5.41) is 9.80. The lowest BCUT2D eigenvalue weighted by molar-refractivity contribution is -0.123. The standard InChI is InChI=1S/C32H26Br2N6O4/c1-19-3-11-27(25(33)13-19)43-17-29(41)39-35-15-23-9-7-21-5-6-22-8-10-24(38-32(22)31(21)37-23)16-36-40-30(42)18-44-28-12-4-20(2)14-26(28)34/h3-16H,17-18H2,1-2H3,(H,39,41)(H,40,42)/b35-15-,36-16-. The molecule has 0 atom stereocenters. The largest absolute Gasteiger partial charge is 0.483 e. The highest BCUT2D eigenvalue weighted by Crippen LogP contribution is 2.27. The summed E-state index contributed by atoms with van der Waals surface area (Å²) < 4.78 is 12.6. The minimum absolute atomic E-state index is 0.193. The number of hydrogen-bond donors (Lipinski definition) is 2. The third-order valence-corrected chi connectivity index (χ3v) is 7.47. The zero-order chi connectivity index (χ0) is 31.1. The van der Waals surface area contributed by atoms with Gasteiger partial charge in [0.15, 0.2) is 13.2 Å². The van der Waals surface area contributed by atoms with Crippen molar-refractivity contribution in [2.24, 2.45) is 10.2 Å². The molecule has 0 unspecified atom stereocenters. The Labute approximate surface area is 269 Å². The molecule has 0 bridgehead atoms. The number of fused-ring (bicyclic) bond motifs is 3. The molecule has 5 rings (SSSR count). The second kappa shape index (κ2) is 14.2. The summed E-state index contributed by atoms with van der Waals surface area (Å²) in [5.41, 5.74) is 9.42. The Bertz CT molecular complexity index is 1790. The van der Waals surface area contributed by atoms with Gasteiger partial charge in [0.1, 0.15) is 11.5 Å². The van der Waals surface area contributed by atoms with Crippen LogP contribution in [0.25, 0.3) is 21.8 Å². The number of rotatable bonds is 10. The molecule has 0 fully saturated rings. The number of carbonyl (C=O) groups is 2. The summed E-state index contributed by atoms with van der Waals surface area (Å²) in [7, 11) is 0. The van der Waals surface area contributed by atoms with Gasteiger partial charge in [0.25, 0.3) is 11.8 Å². The normalized spacial score (nSPS) is 11.4. The van der Waals surface area contributed by atoms with Crippen molar-refractivity contribution in [3.05, 3.63) is 104 Å². The molecule has 2 N–H and O–H groups in total. The van der Waals surface area contributed by atoms with Crippen LogP contribution in [0.3, 0.4) is 0 Å². The van der Waals surface area contributed by atoms with E-state index in [0.29, 0.717) is 33.9 Å². The van der Waals surface area contributed by atoms with Crippen molar-refractivity contribution in [1.82, 2.24) is 20.8 Å². The molecule has 12 heteroatoms. The number of carbonyl (C=O) groups excluding carboxylic acids is 2. The molecule has 0 aliphatic heterocycles. The molecule has 44 heavy (non-hydrogen) atoms. The van der Waals surface area contributed by atoms with Gasteiger partial charge >= 0.3 is 0 Å². The van der Waals surface area contributed by atoms with Crippen molar-refractivity contribution < 1.29 is 19.1 Å². The van der Waals surface area contributed by atoms with E-state index in [4.69, 9.17) is 19.4 Å². The Balaban J connectivity index is 1.21. The van der Waals surface area contributed by atoms with Crippen LogP contribution in [0.1, 0.15) is 22.5 Å². The lowest BCUT2D eigenvalue weighted by atomic mass is 10.1. The number of hydrazone groups is 2. The van der Waals surface area contributed by atoms with E-state index in [1.165, 1.54) is 12.4 Å². The first kappa shape index (κ1) is 30.8. The van der Waals surface area contributed by atoms with Gasteiger partial charge in [-0.1, -0.05) is 36.4 Å². The van der Waals surface area contributed by atoms with Gasteiger partial charge in [0.2, 0.25) is 0 Å². The van der Waals surface area contributed by atoms with Crippen molar-refractivity contribution >= 4 is 77.9 Å². The number of ether oxygens (including phenoxy) is 2. The lowest BCUT2D eigenvalue weighted by Crippen LogP contribution is -2.24. The molecule has 2 amide bonds. The smallest absolute Gasteiger partial charge is 0.277 e. The van der Waals surface area contributed by atoms with Crippen molar-refractivity contribution in [2.45, 2.75) is 13.8 Å². The van der Waals surface area contributed by atoms with Crippen LogP contribution in [0.2, 0.25) is 0 Å². The Hall–Kier alpha value is -4.68. The predicted octanol–water partition coefficient (Wildman–Crippen LogP) is 5.98. The highest BCUT2D eigenvalue weighted by molar-refractivity contribution is 9.10. The third-order valence-electron chi connectivity index (χ3n) is 6.23. The Morgan fingerprint density at radius 1 is 0.682 bits per heavy atom. The van der Waals surface area contributed by atoms with Crippen molar-refractivity contribution in [3.8, 4) is 11.5 Å². The predicted molar refractivity (Wildman–Crippen MR) is 177 cm³/mol. The summed E-state index contributed by atoms with van der Waals surface area (Å²) in [5.74, 6) is 0.315. The van der Waals surface area contributed by atoms with E-state index < -0.39 is 11.8 Å². The lowest BCUT2D eigenvalue weighted by Gasteiger charge is -2.08. The summed E-state index contributed by atoms with van der Waals surface area (Å²) in [4.78, 5) is 33.8. The summed E-state index contributed by atoms with van der Waals surface area (Å²) in [6.45, 7) is 3.55. The van der Waals surface area contributed by atoms with Crippen LogP contribution in [-0.4, -0.2) is 47.4 Å². The van der Waals surface area contributed by atoms with Crippen molar-refractivity contribution in [3.63, 3.8) is 0 Å². The molecule has 222 valence electrons. The molecule has 0 aliphatic carbocycles. The number of nitrogens with one attached hydrogen (secondary N) is 2. The number of halogens is 2. The summed E-state index contributed by atoms with van der Waals surface area (Å²) in [6.07, 6.45) is 2.91. The highest BCUT2D eigenvalue weighted by Gasteiger charge is 2.08. The van der Waals surface area contributed by atoms with Gasteiger partial charge in [-0.2, -0.15) is 10.2 Å². The monoisotopic (exact) mass is 716 g/mol. The van der Waals surface area contributed by atoms with E-state index in [1.54, 1.807) is 24.3 Å². The second-order valence-electron chi connectivity index (χ2n) is 9.71. The van der Waals surface area contributed by atoms with E-state index >= 15 is 0 Å². The number of aryl methyl sites for hydroxylation is 2. The minimum Gasteiger partial charge on any atom is -0.483 e. The van der Waals surface area contributed by atoms with Gasteiger partial charge in [-0.15, -0.1) is 0 Å². The van der Waals surface area contributed by atoms with Crippen molar-refractivity contribution in [2.75, 3.05) is 13.2 Å². The zero-order valence-corrected chi connectivity index (χ0v) is 26.8. The fraction of sp³-hybridized carbons (Fsp3) is 0.125.